The van der Waals surface area contributed by atoms with E-state index in [1.165, 1.54) is 11.1 Å². The van der Waals surface area contributed by atoms with Crippen LogP contribution in [0.1, 0.15) is 55.1 Å². The van der Waals surface area contributed by atoms with Crippen LogP contribution in [0, 0.1) is 12.5 Å². The highest BCUT2D eigenvalue weighted by molar-refractivity contribution is 6.04. The number of benzene rings is 2. The minimum absolute atomic E-state index is 0.147. The third kappa shape index (κ3) is 5.68. The number of ether oxygens (including phenoxy) is 1. The maximum Gasteiger partial charge on any atom is 0.306 e. The molecular weight excluding hydrogens is 364 g/mol. The van der Waals surface area contributed by atoms with Crippen molar-refractivity contribution in [3.63, 3.8) is 0 Å². The average molecular weight is 390 g/mol. The fourth-order valence-electron chi connectivity index (χ4n) is 3.59. The Kier molecular flexibility index (Phi) is 6.03. The van der Waals surface area contributed by atoms with Crippen LogP contribution in [0.15, 0.2) is 42.5 Å². The van der Waals surface area contributed by atoms with Crippen molar-refractivity contribution in [3.05, 3.63) is 70.6 Å². The molecule has 3 rings (SSSR count). The van der Waals surface area contributed by atoms with E-state index >= 15 is 0 Å². The summed E-state index contributed by atoms with van der Waals surface area (Å²) in [7, 11) is 0. The first-order chi connectivity index (χ1) is 13.7. The number of carbonyl (C=O) groups is 2. The van der Waals surface area contributed by atoms with E-state index in [0.29, 0.717) is 23.4 Å². The van der Waals surface area contributed by atoms with E-state index in [4.69, 9.17) is 11.3 Å². The maximum absolute atomic E-state index is 12.6. The van der Waals surface area contributed by atoms with Crippen LogP contribution < -0.4 is 5.32 Å². The minimum Gasteiger partial charge on any atom is -0.460 e. The monoisotopic (exact) mass is 390 g/mol. The van der Waals surface area contributed by atoms with Crippen LogP contribution in [0.4, 0.5) is 11.4 Å². The van der Waals surface area contributed by atoms with Crippen LogP contribution in [-0.2, 0) is 22.4 Å². The number of rotatable bonds is 4. The Morgan fingerprint density at radius 3 is 2.52 bits per heavy atom. The van der Waals surface area contributed by atoms with E-state index in [9.17, 15) is 9.59 Å². The van der Waals surface area contributed by atoms with Gasteiger partial charge in [-0.1, -0.05) is 18.2 Å². The molecule has 1 unspecified atom stereocenters. The Balaban J connectivity index is 1.62. The second-order valence-electron chi connectivity index (χ2n) is 8.50. The first kappa shape index (κ1) is 20.6. The van der Waals surface area contributed by atoms with Crippen LogP contribution in [0.5, 0.6) is 0 Å². The molecule has 0 fully saturated rings. The van der Waals surface area contributed by atoms with Crippen molar-refractivity contribution in [3.8, 4) is 0 Å². The SMILES string of the molecule is [C-]#[N+]c1ccc(NC(=O)c2ccc3c(c2)CCC(CC(=O)OC(C)(C)C)C3)cc1. The van der Waals surface area contributed by atoms with Gasteiger partial charge in [0.25, 0.3) is 5.91 Å². The molecule has 2 aromatic carbocycles. The fraction of sp³-hybridized carbons (Fsp3) is 0.375. The van der Waals surface area contributed by atoms with Gasteiger partial charge in [-0.15, -0.1) is 0 Å². The van der Waals surface area contributed by atoms with Crippen LogP contribution in [0.25, 0.3) is 4.85 Å². The molecule has 1 atom stereocenters. The van der Waals surface area contributed by atoms with Crippen molar-refractivity contribution < 1.29 is 14.3 Å². The third-order valence-electron chi connectivity index (χ3n) is 4.93. The Labute approximate surface area is 171 Å². The van der Waals surface area contributed by atoms with Gasteiger partial charge in [-0.05, 0) is 81.3 Å². The van der Waals surface area contributed by atoms with Gasteiger partial charge in [-0.3, -0.25) is 9.59 Å². The molecule has 0 aromatic heterocycles. The Morgan fingerprint density at radius 1 is 1.14 bits per heavy atom. The quantitative estimate of drug-likeness (QED) is 0.567. The second kappa shape index (κ2) is 8.48. The van der Waals surface area contributed by atoms with Crippen molar-refractivity contribution in [2.45, 2.75) is 52.1 Å². The smallest absolute Gasteiger partial charge is 0.306 e. The van der Waals surface area contributed by atoms with Gasteiger partial charge in [0.1, 0.15) is 5.60 Å². The normalized spacial score (nSPS) is 15.7. The molecule has 29 heavy (non-hydrogen) atoms. The Morgan fingerprint density at radius 2 is 1.86 bits per heavy atom. The number of aryl methyl sites for hydroxylation is 1. The number of esters is 1. The molecule has 1 aliphatic carbocycles. The highest BCUT2D eigenvalue weighted by Crippen LogP contribution is 2.29. The zero-order chi connectivity index (χ0) is 21.0. The van der Waals surface area contributed by atoms with Gasteiger partial charge in [-0.2, -0.15) is 0 Å². The molecule has 1 amide bonds. The third-order valence-corrected chi connectivity index (χ3v) is 4.93. The topological polar surface area (TPSA) is 59.8 Å². The van der Waals surface area contributed by atoms with Crippen LogP contribution in [-0.4, -0.2) is 17.5 Å². The number of hydrogen-bond donors (Lipinski definition) is 1. The van der Waals surface area contributed by atoms with Gasteiger partial charge in [0.05, 0.1) is 6.57 Å². The van der Waals surface area contributed by atoms with Gasteiger partial charge in [0.15, 0.2) is 5.69 Å². The van der Waals surface area contributed by atoms with Gasteiger partial charge >= 0.3 is 5.97 Å². The van der Waals surface area contributed by atoms with Crippen LogP contribution in [0.3, 0.4) is 0 Å². The van der Waals surface area contributed by atoms with E-state index in [1.54, 1.807) is 24.3 Å². The molecule has 5 heteroatoms. The van der Waals surface area contributed by atoms with E-state index < -0.39 is 5.60 Å². The number of anilines is 1. The average Bonchev–Trinajstić information content (AvgIpc) is 2.66. The highest BCUT2D eigenvalue weighted by atomic mass is 16.6. The Bertz CT molecular complexity index is 950. The zero-order valence-corrected chi connectivity index (χ0v) is 17.1. The van der Waals surface area contributed by atoms with Crippen molar-refractivity contribution in [2.24, 2.45) is 5.92 Å². The molecule has 0 bridgehead atoms. The predicted molar refractivity (Wildman–Crippen MR) is 113 cm³/mol. The number of carbonyl (C=O) groups excluding carboxylic acids is 2. The molecule has 0 radical (unpaired) electrons. The lowest BCUT2D eigenvalue weighted by Crippen LogP contribution is -2.27. The molecule has 0 spiro atoms. The van der Waals surface area contributed by atoms with E-state index in [1.807, 2.05) is 39.0 Å². The lowest BCUT2D eigenvalue weighted by atomic mass is 9.81. The van der Waals surface area contributed by atoms with E-state index in [2.05, 4.69) is 10.2 Å². The molecule has 2 aromatic rings. The maximum atomic E-state index is 12.6. The fourth-order valence-corrected chi connectivity index (χ4v) is 3.59. The van der Waals surface area contributed by atoms with Gasteiger partial charge in [-0.25, -0.2) is 4.85 Å². The molecule has 0 saturated carbocycles. The van der Waals surface area contributed by atoms with Gasteiger partial charge in [0.2, 0.25) is 0 Å². The van der Waals surface area contributed by atoms with Crippen molar-refractivity contribution in [1.29, 1.82) is 0 Å². The highest BCUT2D eigenvalue weighted by Gasteiger charge is 2.25. The predicted octanol–water partition coefficient (Wildman–Crippen LogP) is 5.33. The Hall–Kier alpha value is -3.13. The molecule has 0 aliphatic heterocycles. The number of nitrogens with zero attached hydrogens (tertiary/aromatic N) is 1. The van der Waals surface area contributed by atoms with Crippen molar-refractivity contribution in [2.75, 3.05) is 5.32 Å². The number of hydrogen-bond acceptors (Lipinski definition) is 3. The molecule has 0 heterocycles. The first-order valence-electron chi connectivity index (χ1n) is 9.86. The van der Waals surface area contributed by atoms with Crippen molar-refractivity contribution in [1.82, 2.24) is 0 Å². The summed E-state index contributed by atoms with van der Waals surface area (Å²) in [4.78, 5) is 28.0. The summed E-state index contributed by atoms with van der Waals surface area (Å²) < 4.78 is 5.44. The summed E-state index contributed by atoms with van der Waals surface area (Å²) in [5.74, 6) is -0.0385. The lowest BCUT2D eigenvalue weighted by Gasteiger charge is -2.26. The van der Waals surface area contributed by atoms with Gasteiger partial charge in [0, 0.05) is 17.7 Å². The molecule has 1 aliphatic rings. The van der Waals surface area contributed by atoms with Crippen LogP contribution in [0.2, 0.25) is 0 Å². The first-order valence-corrected chi connectivity index (χ1v) is 9.86. The second-order valence-corrected chi connectivity index (χ2v) is 8.50. The van der Waals surface area contributed by atoms with E-state index in [0.717, 1.165) is 19.3 Å². The summed E-state index contributed by atoms with van der Waals surface area (Å²) in [6.07, 6.45) is 3.02. The van der Waals surface area contributed by atoms with E-state index in [-0.39, 0.29) is 17.8 Å². The minimum atomic E-state index is -0.456. The number of fused-ring (bicyclic) bond motifs is 1. The number of nitrogens with one attached hydrogen (secondary N) is 1. The number of amides is 1. The van der Waals surface area contributed by atoms with Gasteiger partial charge < -0.3 is 10.1 Å². The standard InChI is InChI=1S/C24H26N2O3/c1-24(2,3)29-22(27)14-16-5-6-18-15-19(8-7-17(18)13-16)23(28)26-21-11-9-20(25-4)10-12-21/h7-12,15-16H,5-6,13-14H2,1-3H3,(H,26,28). The lowest BCUT2D eigenvalue weighted by molar-refractivity contribution is -0.156. The molecular formula is C24H26N2O3. The largest absolute Gasteiger partial charge is 0.460 e. The summed E-state index contributed by atoms with van der Waals surface area (Å²) in [5.41, 5.74) is 3.73. The molecule has 0 saturated heterocycles. The summed E-state index contributed by atoms with van der Waals surface area (Å²) >= 11 is 0. The van der Waals surface area contributed by atoms with Crippen LogP contribution >= 0.6 is 0 Å². The molecule has 1 N–H and O–H groups in total. The molecule has 150 valence electrons. The molecule has 5 nitrogen and oxygen atoms in total. The van der Waals surface area contributed by atoms with Crippen molar-refractivity contribution >= 4 is 23.3 Å². The summed E-state index contributed by atoms with van der Waals surface area (Å²) in [6.45, 7) is 12.6. The zero-order valence-electron chi connectivity index (χ0n) is 17.1. The summed E-state index contributed by atoms with van der Waals surface area (Å²) in [6, 6.07) is 12.6. The summed E-state index contributed by atoms with van der Waals surface area (Å²) in [5, 5.41) is 2.87.